The summed E-state index contributed by atoms with van der Waals surface area (Å²) in [5.41, 5.74) is 16.4. The number of amides is 1. The number of benzene rings is 2. The number of rotatable bonds is 3. The van der Waals surface area contributed by atoms with Gasteiger partial charge in [0.2, 0.25) is 5.91 Å². The zero-order valence-electron chi connectivity index (χ0n) is 11.2. The number of carbonyl (C=O) groups is 1. The number of hydrogen-bond acceptors (Lipinski definition) is 2. The minimum Gasteiger partial charge on any atom is -0.368 e. The Labute approximate surface area is 113 Å². The van der Waals surface area contributed by atoms with Crippen molar-refractivity contribution in [2.45, 2.75) is 19.9 Å². The van der Waals surface area contributed by atoms with Gasteiger partial charge < -0.3 is 11.5 Å². The van der Waals surface area contributed by atoms with E-state index in [4.69, 9.17) is 11.5 Å². The summed E-state index contributed by atoms with van der Waals surface area (Å²) in [7, 11) is 0. The molecule has 0 aliphatic heterocycles. The van der Waals surface area contributed by atoms with Gasteiger partial charge in [0.15, 0.2) is 0 Å². The fraction of sp³-hybridized carbons (Fsp3) is 0.188. The van der Waals surface area contributed by atoms with Crippen LogP contribution in [0, 0.1) is 13.8 Å². The molecule has 3 heteroatoms. The molecule has 0 aliphatic carbocycles. The van der Waals surface area contributed by atoms with Crippen molar-refractivity contribution in [3.05, 3.63) is 59.2 Å². The van der Waals surface area contributed by atoms with Crippen molar-refractivity contribution in [2.24, 2.45) is 11.5 Å². The van der Waals surface area contributed by atoms with E-state index in [9.17, 15) is 4.79 Å². The Morgan fingerprint density at radius 3 is 2.21 bits per heavy atom. The number of primary amides is 1. The van der Waals surface area contributed by atoms with Gasteiger partial charge in [0, 0.05) is 0 Å². The molecule has 98 valence electrons. The molecule has 4 N–H and O–H groups in total. The van der Waals surface area contributed by atoms with E-state index in [1.165, 1.54) is 16.7 Å². The molecular formula is C16H18N2O. The van der Waals surface area contributed by atoms with Crippen LogP contribution in [0.3, 0.4) is 0 Å². The fourth-order valence-corrected chi connectivity index (χ4v) is 2.32. The van der Waals surface area contributed by atoms with E-state index in [1.54, 1.807) is 0 Å². The van der Waals surface area contributed by atoms with Crippen molar-refractivity contribution >= 4 is 5.91 Å². The van der Waals surface area contributed by atoms with Crippen molar-refractivity contribution < 1.29 is 4.79 Å². The van der Waals surface area contributed by atoms with Crippen LogP contribution in [0.1, 0.15) is 22.7 Å². The molecule has 0 saturated heterocycles. The monoisotopic (exact) mass is 254 g/mol. The molecule has 2 rings (SSSR count). The van der Waals surface area contributed by atoms with Gasteiger partial charge in [0.05, 0.1) is 0 Å². The van der Waals surface area contributed by atoms with Crippen LogP contribution in [0.5, 0.6) is 0 Å². The average Bonchev–Trinajstić information content (AvgIpc) is 2.38. The van der Waals surface area contributed by atoms with E-state index in [-0.39, 0.29) is 0 Å². The van der Waals surface area contributed by atoms with E-state index >= 15 is 0 Å². The lowest BCUT2D eigenvalue weighted by Gasteiger charge is -2.13. The number of aryl methyl sites for hydroxylation is 2. The molecule has 2 aromatic rings. The molecule has 0 fully saturated rings. The molecule has 0 spiro atoms. The van der Waals surface area contributed by atoms with Gasteiger partial charge in [-0.2, -0.15) is 0 Å². The summed E-state index contributed by atoms with van der Waals surface area (Å²) in [4.78, 5) is 11.2. The summed E-state index contributed by atoms with van der Waals surface area (Å²) < 4.78 is 0. The average molecular weight is 254 g/mol. The summed E-state index contributed by atoms with van der Waals surface area (Å²) in [6, 6.07) is 13.1. The first-order valence-corrected chi connectivity index (χ1v) is 6.22. The highest BCUT2D eigenvalue weighted by atomic mass is 16.1. The second-order valence-corrected chi connectivity index (χ2v) is 4.77. The molecule has 1 amide bonds. The molecule has 0 aromatic heterocycles. The predicted octanol–water partition coefficient (Wildman–Crippen LogP) is 2.46. The van der Waals surface area contributed by atoms with Gasteiger partial charge in [0.25, 0.3) is 0 Å². The maximum Gasteiger partial charge on any atom is 0.238 e. The number of nitrogens with two attached hydrogens (primary N) is 2. The minimum absolute atomic E-state index is 0.515. The van der Waals surface area contributed by atoms with Gasteiger partial charge in [-0.25, -0.2) is 0 Å². The Morgan fingerprint density at radius 2 is 1.63 bits per heavy atom. The van der Waals surface area contributed by atoms with Gasteiger partial charge in [-0.3, -0.25) is 4.79 Å². The topological polar surface area (TPSA) is 69.1 Å². The van der Waals surface area contributed by atoms with Gasteiger partial charge >= 0.3 is 0 Å². The van der Waals surface area contributed by atoms with Crippen molar-refractivity contribution in [2.75, 3.05) is 0 Å². The van der Waals surface area contributed by atoms with Crippen LogP contribution in [0.2, 0.25) is 0 Å². The van der Waals surface area contributed by atoms with Crippen molar-refractivity contribution in [1.82, 2.24) is 0 Å². The van der Waals surface area contributed by atoms with E-state index in [0.29, 0.717) is 0 Å². The first kappa shape index (κ1) is 13.3. The highest BCUT2D eigenvalue weighted by Gasteiger charge is 2.13. The predicted molar refractivity (Wildman–Crippen MR) is 77.5 cm³/mol. The standard InChI is InChI=1S/C16H18N2O/c1-10-5-3-6-11(2)14(10)12-7-4-8-13(9-12)15(17)16(18)19/h3-9,15H,17H2,1-2H3,(H2,18,19). The van der Waals surface area contributed by atoms with E-state index in [2.05, 4.69) is 26.0 Å². The SMILES string of the molecule is Cc1cccc(C)c1-c1cccc(C(N)C(N)=O)c1. The second kappa shape index (κ2) is 5.24. The number of carbonyl (C=O) groups excluding carboxylic acids is 1. The normalized spacial score (nSPS) is 12.2. The van der Waals surface area contributed by atoms with E-state index in [1.807, 2.05) is 30.3 Å². The molecule has 1 atom stereocenters. The van der Waals surface area contributed by atoms with Crippen LogP contribution in [0.25, 0.3) is 11.1 Å². The summed E-state index contributed by atoms with van der Waals surface area (Å²) in [5, 5.41) is 0. The third kappa shape index (κ3) is 2.66. The Bertz CT molecular complexity index is 600. The van der Waals surface area contributed by atoms with Gasteiger partial charge in [-0.05, 0) is 47.7 Å². The quantitative estimate of drug-likeness (QED) is 0.883. The van der Waals surface area contributed by atoms with Crippen LogP contribution >= 0.6 is 0 Å². The molecule has 0 aliphatic rings. The van der Waals surface area contributed by atoms with Crippen LogP contribution in [-0.4, -0.2) is 5.91 Å². The summed E-state index contributed by atoms with van der Waals surface area (Å²) in [6.07, 6.45) is 0. The van der Waals surface area contributed by atoms with E-state index < -0.39 is 11.9 Å². The summed E-state index contributed by atoms with van der Waals surface area (Å²) in [5.74, 6) is -0.515. The lowest BCUT2D eigenvalue weighted by molar-refractivity contribution is -0.119. The zero-order chi connectivity index (χ0) is 14.0. The van der Waals surface area contributed by atoms with Crippen LogP contribution in [0.4, 0.5) is 0 Å². The van der Waals surface area contributed by atoms with Gasteiger partial charge in [-0.15, -0.1) is 0 Å². The lowest BCUT2D eigenvalue weighted by atomic mass is 9.93. The highest BCUT2D eigenvalue weighted by molar-refractivity contribution is 5.82. The van der Waals surface area contributed by atoms with Crippen molar-refractivity contribution in [3.63, 3.8) is 0 Å². The molecular weight excluding hydrogens is 236 g/mol. The van der Waals surface area contributed by atoms with Crippen molar-refractivity contribution in [1.29, 1.82) is 0 Å². The first-order valence-electron chi connectivity index (χ1n) is 6.22. The zero-order valence-corrected chi connectivity index (χ0v) is 11.2. The minimum atomic E-state index is -0.760. The number of hydrogen-bond donors (Lipinski definition) is 2. The smallest absolute Gasteiger partial charge is 0.238 e. The second-order valence-electron chi connectivity index (χ2n) is 4.77. The molecule has 19 heavy (non-hydrogen) atoms. The van der Waals surface area contributed by atoms with Crippen LogP contribution in [0.15, 0.2) is 42.5 Å². The highest BCUT2D eigenvalue weighted by Crippen LogP contribution is 2.28. The molecule has 0 heterocycles. The summed E-state index contributed by atoms with van der Waals surface area (Å²) >= 11 is 0. The molecule has 0 radical (unpaired) electrons. The van der Waals surface area contributed by atoms with E-state index in [0.717, 1.165) is 11.1 Å². The maximum absolute atomic E-state index is 11.2. The maximum atomic E-state index is 11.2. The lowest BCUT2D eigenvalue weighted by Crippen LogP contribution is -2.28. The van der Waals surface area contributed by atoms with Gasteiger partial charge in [0.1, 0.15) is 6.04 Å². The Balaban J connectivity index is 2.53. The van der Waals surface area contributed by atoms with Gasteiger partial charge in [-0.1, -0.05) is 36.4 Å². The van der Waals surface area contributed by atoms with Crippen LogP contribution in [-0.2, 0) is 4.79 Å². The molecule has 2 aromatic carbocycles. The Hall–Kier alpha value is -2.13. The molecule has 0 saturated carbocycles. The Morgan fingerprint density at radius 1 is 1.05 bits per heavy atom. The third-order valence-electron chi connectivity index (χ3n) is 3.32. The van der Waals surface area contributed by atoms with Crippen LogP contribution < -0.4 is 11.5 Å². The summed E-state index contributed by atoms with van der Waals surface area (Å²) in [6.45, 7) is 4.14. The Kier molecular flexibility index (Phi) is 3.67. The first-order chi connectivity index (χ1) is 9.00. The largest absolute Gasteiger partial charge is 0.368 e. The molecule has 1 unspecified atom stereocenters. The third-order valence-corrected chi connectivity index (χ3v) is 3.32. The molecule has 0 bridgehead atoms. The molecule has 3 nitrogen and oxygen atoms in total. The van der Waals surface area contributed by atoms with Crippen molar-refractivity contribution in [3.8, 4) is 11.1 Å². The fourth-order valence-electron chi connectivity index (χ4n) is 2.32.